The standard InChI is InChI=1S/C34H33F3N6O3/c1-2-20-23(36)5-4-16-8-19(44)10-21(24(16)20)27-26(37)28-25-30(41-32(40-28)46-14-33-6-3-7-42(33)12-17(35)11-33)43-13-18-9-22-29(38-18)34(22,43)15-45-31(25)39-27/h4-5,8,10,17-18,22,29,38,44H,2-3,6-7,9,11-15H2,1H3/t17-,18-,22+,29?,33+,34-/m1/s1. The summed E-state index contributed by atoms with van der Waals surface area (Å²) in [6, 6.07) is 6.43. The van der Waals surface area contributed by atoms with Crippen LogP contribution in [0.5, 0.6) is 17.6 Å². The number of hydrogen-bond acceptors (Lipinski definition) is 9. The topological polar surface area (TPSA) is 95.9 Å². The maximum absolute atomic E-state index is 17.1. The van der Waals surface area contributed by atoms with Gasteiger partial charge in [0.25, 0.3) is 0 Å². The first-order valence-corrected chi connectivity index (χ1v) is 16.3. The summed E-state index contributed by atoms with van der Waals surface area (Å²) in [5, 5.41) is 15.8. The number of phenols is 1. The Morgan fingerprint density at radius 1 is 1.15 bits per heavy atom. The first-order chi connectivity index (χ1) is 22.3. The van der Waals surface area contributed by atoms with Crippen LogP contribution in [-0.2, 0) is 6.42 Å². The number of pyridine rings is 1. The molecule has 6 atom stereocenters. The first kappa shape index (κ1) is 27.2. The molecular formula is C34H33F3N6O3. The van der Waals surface area contributed by atoms with E-state index < -0.39 is 23.3 Å². The summed E-state index contributed by atoms with van der Waals surface area (Å²) in [4.78, 5) is 18.7. The summed E-state index contributed by atoms with van der Waals surface area (Å²) in [6.45, 7) is 4.28. The molecule has 46 heavy (non-hydrogen) atoms. The molecule has 12 heteroatoms. The molecule has 9 nitrogen and oxygen atoms in total. The predicted molar refractivity (Wildman–Crippen MR) is 164 cm³/mol. The second-order valence-electron chi connectivity index (χ2n) is 14.0. The lowest BCUT2D eigenvalue weighted by molar-refractivity contribution is 0.107. The lowest BCUT2D eigenvalue weighted by Crippen LogP contribution is -2.60. The summed E-state index contributed by atoms with van der Waals surface area (Å²) in [5.74, 6) is -0.147. The number of anilines is 1. The van der Waals surface area contributed by atoms with Crippen LogP contribution in [-0.4, -0.2) is 87.1 Å². The average Bonchev–Trinajstić information content (AvgIpc) is 3.27. The maximum atomic E-state index is 17.1. The number of piperidine rings is 2. The molecule has 2 aromatic carbocycles. The number of benzene rings is 2. The highest BCUT2D eigenvalue weighted by Gasteiger charge is 2.76. The minimum atomic E-state index is -0.911. The maximum Gasteiger partial charge on any atom is 0.319 e. The molecule has 5 saturated heterocycles. The van der Waals surface area contributed by atoms with Gasteiger partial charge in [-0.1, -0.05) is 13.0 Å². The van der Waals surface area contributed by atoms with E-state index >= 15 is 8.78 Å². The van der Waals surface area contributed by atoms with Crippen molar-refractivity contribution in [1.82, 2.24) is 25.2 Å². The van der Waals surface area contributed by atoms with Crippen LogP contribution in [0.4, 0.5) is 19.0 Å². The Labute approximate surface area is 262 Å². The van der Waals surface area contributed by atoms with Gasteiger partial charge in [-0.2, -0.15) is 9.97 Å². The number of aromatic nitrogens is 3. The van der Waals surface area contributed by atoms with Gasteiger partial charge >= 0.3 is 6.01 Å². The minimum Gasteiger partial charge on any atom is -0.508 e. The van der Waals surface area contributed by atoms with Gasteiger partial charge in [0.15, 0.2) is 5.82 Å². The van der Waals surface area contributed by atoms with Crippen molar-refractivity contribution < 1.29 is 27.8 Å². The monoisotopic (exact) mass is 630 g/mol. The van der Waals surface area contributed by atoms with E-state index in [0.29, 0.717) is 66.0 Å². The van der Waals surface area contributed by atoms with E-state index in [4.69, 9.17) is 19.4 Å². The van der Waals surface area contributed by atoms with Crippen molar-refractivity contribution in [2.24, 2.45) is 5.92 Å². The Bertz CT molecular complexity index is 1980. The summed E-state index contributed by atoms with van der Waals surface area (Å²) in [7, 11) is 0. The number of hydrogen-bond donors (Lipinski definition) is 2. The Kier molecular flexibility index (Phi) is 5.40. The van der Waals surface area contributed by atoms with Gasteiger partial charge in [-0.25, -0.2) is 18.2 Å². The fourth-order valence-corrected chi connectivity index (χ4v) is 9.69. The van der Waals surface area contributed by atoms with Crippen molar-refractivity contribution in [2.45, 2.75) is 68.4 Å². The lowest BCUT2D eigenvalue weighted by atomic mass is 9.94. The van der Waals surface area contributed by atoms with Crippen LogP contribution in [0.15, 0.2) is 24.3 Å². The van der Waals surface area contributed by atoms with Gasteiger partial charge < -0.3 is 24.8 Å². The van der Waals surface area contributed by atoms with E-state index in [-0.39, 0.29) is 58.6 Å². The van der Waals surface area contributed by atoms with Crippen molar-refractivity contribution in [3.63, 3.8) is 0 Å². The van der Waals surface area contributed by atoms with Crippen LogP contribution in [0.1, 0.15) is 38.2 Å². The third kappa shape index (κ3) is 3.46. The lowest BCUT2D eigenvalue weighted by Gasteiger charge is -2.42. The highest BCUT2D eigenvalue weighted by Crippen LogP contribution is 2.62. The molecule has 6 fully saturated rings. The molecule has 6 aliphatic heterocycles. The summed E-state index contributed by atoms with van der Waals surface area (Å²) in [5.41, 5.74) is -0.219. The first-order valence-electron chi connectivity index (χ1n) is 16.3. The second kappa shape index (κ2) is 9.13. The number of rotatable bonds is 5. The molecule has 2 N–H and O–H groups in total. The van der Waals surface area contributed by atoms with Gasteiger partial charge in [0.2, 0.25) is 5.88 Å². The Balaban J connectivity index is 1.18. The molecule has 1 unspecified atom stereocenters. The molecule has 7 aliphatic rings. The van der Waals surface area contributed by atoms with E-state index in [1.54, 1.807) is 6.07 Å². The molecule has 4 aromatic rings. The predicted octanol–water partition coefficient (Wildman–Crippen LogP) is 4.66. The number of piperazine rings is 1. The largest absolute Gasteiger partial charge is 0.508 e. The highest BCUT2D eigenvalue weighted by atomic mass is 19.1. The number of nitrogens with one attached hydrogen (secondary N) is 1. The Hall–Kier alpha value is -3.90. The number of fused-ring (bicyclic) bond motifs is 2. The Morgan fingerprint density at radius 3 is 2.87 bits per heavy atom. The van der Waals surface area contributed by atoms with Crippen molar-refractivity contribution in [1.29, 1.82) is 0 Å². The van der Waals surface area contributed by atoms with Crippen molar-refractivity contribution in [2.75, 3.05) is 37.7 Å². The highest BCUT2D eigenvalue weighted by molar-refractivity contribution is 6.03. The third-order valence-corrected chi connectivity index (χ3v) is 11.7. The number of ether oxygens (including phenoxy) is 2. The molecule has 0 amide bonds. The fourth-order valence-electron chi connectivity index (χ4n) is 9.69. The number of halogens is 3. The van der Waals surface area contributed by atoms with Crippen molar-refractivity contribution in [3.8, 4) is 28.9 Å². The average molecular weight is 631 g/mol. The molecule has 1 saturated carbocycles. The van der Waals surface area contributed by atoms with Crippen LogP contribution in [0.3, 0.4) is 0 Å². The Morgan fingerprint density at radius 2 is 2.04 bits per heavy atom. The van der Waals surface area contributed by atoms with Gasteiger partial charge in [0, 0.05) is 43.1 Å². The summed E-state index contributed by atoms with van der Waals surface area (Å²) >= 11 is 0. The molecule has 0 radical (unpaired) electrons. The number of nitrogens with zero attached hydrogens (tertiary/aromatic N) is 5. The van der Waals surface area contributed by atoms with Crippen molar-refractivity contribution >= 4 is 27.5 Å². The van der Waals surface area contributed by atoms with Crippen LogP contribution in [0, 0.1) is 17.6 Å². The normalized spacial score (nSPS) is 32.0. The van der Waals surface area contributed by atoms with E-state index in [1.807, 2.05) is 6.92 Å². The number of phenolic OH excluding ortho intramolecular Hbond substituents is 1. The van der Waals surface area contributed by atoms with E-state index in [0.717, 1.165) is 25.8 Å². The van der Waals surface area contributed by atoms with Gasteiger partial charge in [0.1, 0.15) is 53.4 Å². The third-order valence-electron chi connectivity index (χ3n) is 11.7. The summed E-state index contributed by atoms with van der Waals surface area (Å²) in [6.07, 6.45) is 2.66. The SMILES string of the molecule is CCc1c(F)ccc2cc(O)cc(-c3nc4c5c(nc(OC[C@@]67CCCN6C[C@H](F)C7)nc5c3F)N3C[C@H]5C[C@H]6C(N5)[C@@]63CO4)c12. The zero-order valence-corrected chi connectivity index (χ0v) is 25.3. The molecular weight excluding hydrogens is 597 g/mol. The van der Waals surface area contributed by atoms with Gasteiger partial charge in [-0.15, -0.1) is 0 Å². The van der Waals surface area contributed by atoms with Gasteiger partial charge in [-0.05, 0) is 66.8 Å². The quantitative estimate of drug-likeness (QED) is 0.327. The molecule has 4 bridgehead atoms. The van der Waals surface area contributed by atoms with E-state index in [2.05, 4.69) is 20.1 Å². The van der Waals surface area contributed by atoms with Crippen LogP contribution in [0.25, 0.3) is 32.9 Å². The molecule has 8 heterocycles. The number of aromatic hydroxyl groups is 1. The zero-order chi connectivity index (χ0) is 31.1. The van der Waals surface area contributed by atoms with E-state index in [1.165, 1.54) is 18.2 Å². The number of aryl methyl sites for hydroxylation is 1. The van der Waals surface area contributed by atoms with Crippen LogP contribution in [0.2, 0.25) is 0 Å². The second-order valence-corrected chi connectivity index (χ2v) is 14.0. The molecule has 11 rings (SSSR count). The smallest absolute Gasteiger partial charge is 0.319 e. The number of alkyl halides is 1. The van der Waals surface area contributed by atoms with Gasteiger partial charge in [-0.3, -0.25) is 4.90 Å². The van der Waals surface area contributed by atoms with Crippen molar-refractivity contribution in [3.05, 3.63) is 41.5 Å². The molecule has 1 aliphatic carbocycles. The summed E-state index contributed by atoms with van der Waals surface area (Å²) < 4.78 is 59.5. The van der Waals surface area contributed by atoms with Gasteiger partial charge in [0.05, 0.1) is 11.1 Å². The van der Waals surface area contributed by atoms with Crippen LogP contribution >= 0.6 is 0 Å². The van der Waals surface area contributed by atoms with Crippen LogP contribution < -0.4 is 19.7 Å². The zero-order valence-electron chi connectivity index (χ0n) is 25.3. The van der Waals surface area contributed by atoms with E-state index in [9.17, 15) is 9.50 Å². The fraction of sp³-hybridized carbons (Fsp3) is 0.500. The molecule has 238 valence electrons. The molecule has 1 spiro atoms. The molecule has 2 aromatic heterocycles. The minimum absolute atomic E-state index is 0.0111.